The van der Waals surface area contributed by atoms with E-state index in [4.69, 9.17) is 0 Å². The minimum Gasteiger partial charge on any atom is -0.385 e. The molecule has 0 aromatic heterocycles. The summed E-state index contributed by atoms with van der Waals surface area (Å²) in [5, 5.41) is 3.38. The highest BCUT2D eigenvalue weighted by Crippen LogP contribution is 2.14. The van der Waals surface area contributed by atoms with Gasteiger partial charge >= 0.3 is 0 Å². The molecule has 0 saturated heterocycles. The number of halogens is 1. The molecule has 0 fully saturated rings. The van der Waals surface area contributed by atoms with Gasteiger partial charge in [-0.25, -0.2) is 0 Å². The lowest BCUT2D eigenvalue weighted by Gasteiger charge is -2.07. The van der Waals surface area contributed by atoms with E-state index in [1.807, 2.05) is 0 Å². The molecule has 0 atom stereocenters. The van der Waals surface area contributed by atoms with Crippen LogP contribution in [-0.2, 0) is 0 Å². The molecule has 0 unspecified atom stereocenters. The molecule has 0 saturated carbocycles. The molecule has 0 amide bonds. The lowest BCUT2D eigenvalue weighted by Crippen LogP contribution is -2.04. The van der Waals surface area contributed by atoms with Gasteiger partial charge in [0.25, 0.3) is 0 Å². The van der Waals surface area contributed by atoms with Gasteiger partial charge in [0, 0.05) is 16.7 Å². The molecule has 13 heavy (non-hydrogen) atoms. The topological polar surface area (TPSA) is 12.0 Å². The summed E-state index contributed by atoms with van der Waals surface area (Å²) in [6, 6.07) is 8.28. The normalized spacial score (nSPS) is 10.5. The van der Waals surface area contributed by atoms with Crippen LogP contribution in [0.1, 0.15) is 20.3 Å². The third-order valence-electron chi connectivity index (χ3n) is 1.90. The molecule has 0 heterocycles. The minimum atomic E-state index is 0.767. The Labute approximate surface area is 88.7 Å². The quantitative estimate of drug-likeness (QED) is 0.844. The maximum Gasteiger partial charge on any atom is 0.0340 e. The van der Waals surface area contributed by atoms with Crippen molar-refractivity contribution in [1.82, 2.24) is 0 Å². The molecule has 1 rings (SSSR count). The van der Waals surface area contributed by atoms with Crippen LogP contribution in [0, 0.1) is 5.92 Å². The second kappa shape index (κ2) is 5.28. The van der Waals surface area contributed by atoms with Crippen LogP contribution in [0.2, 0.25) is 0 Å². The first kappa shape index (κ1) is 10.6. The van der Waals surface area contributed by atoms with Gasteiger partial charge < -0.3 is 5.32 Å². The average Bonchev–Trinajstić information content (AvgIpc) is 2.08. The molecule has 0 spiro atoms. The van der Waals surface area contributed by atoms with E-state index in [1.54, 1.807) is 0 Å². The van der Waals surface area contributed by atoms with Gasteiger partial charge in [-0.05, 0) is 36.6 Å². The number of benzene rings is 1. The van der Waals surface area contributed by atoms with Crippen molar-refractivity contribution in [2.45, 2.75) is 20.3 Å². The number of anilines is 1. The Morgan fingerprint density at radius 1 is 1.23 bits per heavy atom. The highest BCUT2D eigenvalue weighted by molar-refractivity contribution is 9.10. The molecule has 1 nitrogen and oxygen atoms in total. The highest BCUT2D eigenvalue weighted by atomic mass is 79.9. The Hall–Kier alpha value is -0.500. The number of nitrogens with one attached hydrogen (secondary N) is 1. The van der Waals surface area contributed by atoms with Crippen molar-refractivity contribution in [3.8, 4) is 0 Å². The first-order valence-corrected chi connectivity index (χ1v) is 5.47. The predicted octanol–water partition coefficient (Wildman–Crippen LogP) is 3.91. The van der Waals surface area contributed by atoms with Gasteiger partial charge in [-0.2, -0.15) is 0 Å². The Kier molecular flexibility index (Phi) is 4.29. The Bertz CT molecular complexity index is 241. The monoisotopic (exact) mass is 241 g/mol. The number of hydrogen-bond acceptors (Lipinski definition) is 1. The van der Waals surface area contributed by atoms with Crippen molar-refractivity contribution in [1.29, 1.82) is 0 Å². The van der Waals surface area contributed by atoms with Crippen LogP contribution in [0.25, 0.3) is 0 Å². The predicted molar refractivity (Wildman–Crippen MR) is 62.1 cm³/mol. The lowest BCUT2D eigenvalue weighted by atomic mass is 10.1. The lowest BCUT2D eigenvalue weighted by molar-refractivity contribution is 0.607. The fourth-order valence-electron chi connectivity index (χ4n) is 1.07. The molecule has 1 aromatic rings. The second-order valence-electron chi connectivity index (χ2n) is 3.62. The SMILES string of the molecule is CC(C)CCNc1ccc(Br)cc1. The molecule has 0 aliphatic heterocycles. The van der Waals surface area contributed by atoms with E-state index in [2.05, 4.69) is 59.4 Å². The third kappa shape index (κ3) is 4.32. The fraction of sp³-hybridized carbons (Fsp3) is 0.455. The molecule has 2 heteroatoms. The van der Waals surface area contributed by atoms with Crippen LogP contribution < -0.4 is 5.32 Å². The van der Waals surface area contributed by atoms with Gasteiger partial charge in [-0.3, -0.25) is 0 Å². The molecular weight excluding hydrogens is 226 g/mol. The average molecular weight is 242 g/mol. The number of rotatable bonds is 4. The van der Waals surface area contributed by atoms with E-state index < -0.39 is 0 Å². The molecule has 0 aliphatic rings. The zero-order valence-electron chi connectivity index (χ0n) is 8.18. The summed E-state index contributed by atoms with van der Waals surface area (Å²) in [7, 11) is 0. The van der Waals surface area contributed by atoms with E-state index in [0.717, 1.165) is 16.9 Å². The minimum absolute atomic E-state index is 0.767. The zero-order valence-corrected chi connectivity index (χ0v) is 9.76. The number of hydrogen-bond donors (Lipinski definition) is 1. The summed E-state index contributed by atoms with van der Waals surface area (Å²) in [6.07, 6.45) is 1.22. The summed E-state index contributed by atoms with van der Waals surface area (Å²) in [5.74, 6) is 0.767. The van der Waals surface area contributed by atoms with Gasteiger partial charge in [0.1, 0.15) is 0 Å². The van der Waals surface area contributed by atoms with Crippen LogP contribution >= 0.6 is 15.9 Å². The fourth-order valence-corrected chi connectivity index (χ4v) is 1.34. The van der Waals surface area contributed by atoms with Gasteiger partial charge in [-0.1, -0.05) is 29.8 Å². The van der Waals surface area contributed by atoms with Crippen molar-refractivity contribution in [2.24, 2.45) is 5.92 Å². The van der Waals surface area contributed by atoms with Gasteiger partial charge in [0.15, 0.2) is 0 Å². The van der Waals surface area contributed by atoms with E-state index in [1.165, 1.54) is 12.1 Å². The Morgan fingerprint density at radius 2 is 1.85 bits per heavy atom. The Morgan fingerprint density at radius 3 is 2.38 bits per heavy atom. The maximum absolute atomic E-state index is 3.41. The van der Waals surface area contributed by atoms with E-state index in [9.17, 15) is 0 Å². The standard InChI is InChI=1S/C11H16BrN/c1-9(2)7-8-13-11-5-3-10(12)4-6-11/h3-6,9,13H,7-8H2,1-2H3. The van der Waals surface area contributed by atoms with E-state index >= 15 is 0 Å². The summed E-state index contributed by atoms with van der Waals surface area (Å²) in [6.45, 7) is 5.53. The van der Waals surface area contributed by atoms with Crippen LogP contribution in [0.3, 0.4) is 0 Å². The van der Waals surface area contributed by atoms with Gasteiger partial charge in [0.05, 0.1) is 0 Å². The Balaban J connectivity index is 2.33. The van der Waals surface area contributed by atoms with Crippen LogP contribution in [0.15, 0.2) is 28.7 Å². The van der Waals surface area contributed by atoms with Gasteiger partial charge in [0.2, 0.25) is 0 Å². The first-order chi connectivity index (χ1) is 6.18. The van der Waals surface area contributed by atoms with E-state index in [0.29, 0.717) is 0 Å². The first-order valence-electron chi connectivity index (χ1n) is 4.68. The third-order valence-corrected chi connectivity index (χ3v) is 2.42. The zero-order chi connectivity index (χ0) is 9.68. The van der Waals surface area contributed by atoms with Crippen molar-refractivity contribution < 1.29 is 0 Å². The highest BCUT2D eigenvalue weighted by Gasteiger charge is 1.94. The van der Waals surface area contributed by atoms with Crippen LogP contribution in [0.5, 0.6) is 0 Å². The van der Waals surface area contributed by atoms with Gasteiger partial charge in [-0.15, -0.1) is 0 Å². The summed E-state index contributed by atoms with van der Waals surface area (Å²) in [5.41, 5.74) is 1.20. The molecule has 0 aliphatic carbocycles. The van der Waals surface area contributed by atoms with Crippen LogP contribution in [-0.4, -0.2) is 6.54 Å². The summed E-state index contributed by atoms with van der Waals surface area (Å²) in [4.78, 5) is 0. The maximum atomic E-state index is 3.41. The molecule has 0 bridgehead atoms. The van der Waals surface area contributed by atoms with Crippen molar-refractivity contribution in [3.05, 3.63) is 28.7 Å². The van der Waals surface area contributed by atoms with Crippen molar-refractivity contribution in [3.63, 3.8) is 0 Å². The molecule has 0 radical (unpaired) electrons. The second-order valence-corrected chi connectivity index (χ2v) is 4.53. The van der Waals surface area contributed by atoms with Crippen molar-refractivity contribution in [2.75, 3.05) is 11.9 Å². The smallest absolute Gasteiger partial charge is 0.0340 e. The summed E-state index contributed by atoms with van der Waals surface area (Å²) < 4.78 is 1.13. The van der Waals surface area contributed by atoms with Crippen molar-refractivity contribution >= 4 is 21.6 Å². The van der Waals surface area contributed by atoms with Crippen LogP contribution in [0.4, 0.5) is 5.69 Å². The van der Waals surface area contributed by atoms with E-state index in [-0.39, 0.29) is 0 Å². The molecule has 72 valence electrons. The molecule has 1 N–H and O–H groups in total. The molecule has 1 aromatic carbocycles. The molecular formula is C11H16BrN. The summed E-state index contributed by atoms with van der Waals surface area (Å²) >= 11 is 3.41. The largest absolute Gasteiger partial charge is 0.385 e.